The van der Waals surface area contributed by atoms with E-state index in [1.54, 1.807) is 0 Å². The van der Waals surface area contributed by atoms with E-state index in [0.29, 0.717) is 19.3 Å². The summed E-state index contributed by atoms with van der Waals surface area (Å²) in [5.74, 6) is -0.897. The van der Waals surface area contributed by atoms with Gasteiger partial charge in [0.15, 0.2) is 6.10 Å². The van der Waals surface area contributed by atoms with E-state index in [-0.39, 0.29) is 31.1 Å². The topological polar surface area (TPSA) is 78.9 Å². The van der Waals surface area contributed by atoms with Gasteiger partial charge in [-0.05, 0) is 116 Å². The summed E-state index contributed by atoms with van der Waals surface area (Å²) in [6.07, 6.45) is 86.8. The molecule has 0 spiro atoms. The zero-order chi connectivity index (χ0) is 55.0. The standard InChI is InChI=1S/C70H118O6/c1-4-7-10-13-16-19-22-24-26-28-30-32-33-34-35-36-37-39-40-42-44-46-48-51-54-57-60-63-69(72)75-66-67(65-74-68(71)62-59-56-53-50-21-18-15-12-9-6-3)76-70(73)64-61-58-55-52-49-47-45-43-41-38-31-29-27-25-23-20-17-14-11-8-5-2/h7-8,10-12,15-17,19-20,24-27,30-32,38,67H,4-6,9,13-14,18,21-23,28-29,33-37,39-66H2,1-3H3/b10-7-,11-8-,15-12-,19-16-,20-17-,26-24-,27-25-,32-30-,38-31-. The van der Waals surface area contributed by atoms with Gasteiger partial charge in [-0.3, -0.25) is 14.4 Å². The number of carbonyl (C=O) groups is 3. The number of esters is 3. The molecule has 0 aliphatic carbocycles. The molecule has 0 N–H and O–H groups in total. The van der Waals surface area contributed by atoms with E-state index in [0.717, 1.165) is 128 Å². The second kappa shape index (κ2) is 63.6. The Morgan fingerprint density at radius 1 is 0.276 bits per heavy atom. The van der Waals surface area contributed by atoms with Gasteiger partial charge in [0.05, 0.1) is 0 Å². The summed E-state index contributed by atoms with van der Waals surface area (Å²) >= 11 is 0. The minimum atomic E-state index is -0.787. The van der Waals surface area contributed by atoms with Gasteiger partial charge in [0, 0.05) is 19.3 Å². The summed E-state index contributed by atoms with van der Waals surface area (Å²) in [4.78, 5) is 38.2. The first kappa shape index (κ1) is 72.1. The predicted molar refractivity (Wildman–Crippen MR) is 330 cm³/mol. The number of rotatable bonds is 57. The van der Waals surface area contributed by atoms with E-state index in [9.17, 15) is 14.4 Å². The van der Waals surface area contributed by atoms with Crippen molar-refractivity contribution in [2.45, 2.75) is 303 Å². The highest BCUT2D eigenvalue weighted by atomic mass is 16.6. The molecule has 0 aromatic carbocycles. The Labute approximate surface area is 470 Å². The summed E-state index contributed by atoms with van der Waals surface area (Å²) < 4.78 is 16.9. The predicted octanol–water partition coefficient (Wildman–Crippen LogP) is 21.8. The SMILES string of the molecule is CC/C=C\C/C=C\C/C=C\C/C=C\CCCCCCCCCCCCCCCCC(=O)OCC(COC(=O)CCCCCCC/C=C\CCC)OC(=O)CCCCCCCCCC/C=C\C/C=C\C/C=C\C/C=C\CC. The summed E-state index contributed by atoms with van der Waals surface area (Å²) in [6.45, 7) is 6.36. The van der Waals surface area contributed by atoms with E-state index in [4.69, 9.17) is 14.2 Å². The van der Waals surface area contributed by atoms with Crippen molar-refractivity contribution in [1.29, 1.82) is 0 Å². The fraction of sp³-hybridized carbons (Fsp3) is 0.700. The fourth-order valence-corrected chi connectivity index (χ4v) is 8.78. The van der Waals surface area contributed by atoms with Crippen molar-refractivity contribution in [2.24, 2.45) is 0 Å². The van der Waals surface area contributed by atoms with E-state index >= 15 is 0 Å². The van der Waals surface area contributed by atoms with Gasteiger partial charge < -0.3 is 14.2 Å². The Balaban J connectivity index is 4.24. The van der Waals surface area contributed by atoms with Crippen molar-refractivity contribution < 1.29 is 28.6 Å². The van der Waals surface area contributed by atoms with Gasteiger partial charge >= 0.3 is 17.9 Å². The molecule has 0 heterocycles. The smallest absolute Gasteiger partial charge is 0.306 e. The van der Waals surface area contributed by atoms with Gasteiger partial charge in [-0.2, -0.15) is 0 Å². The van der Waals surface area contributed by atoms with Crippen LogP contribution < -0.4 is 0 Å². The molecule has 434 valence electrons. The van der Waals surface area contributed by atoms with Crippen LogP contribution in [0.5, 0.6) is 0 Å². The highest BCUT2D eigenvalue weighted by Crippen LogP contribution is 2.16. The number of unbranched alkanes of at least 4 members (excludes halogenated alkanes) is 28. The van der Waals surface area contributed by atoms with Gasteiger partial charge in [-0.15, -0.1) is 0 Å². The number of hydrogen-bond acceptors (Lipinski definition) is 6. The van der Waals surface area contributed by atoms with Gasteiger partial charge in [0.2, 0.25) is 0 Å². The highest BCUT2D eigenvalue weighted by molar-refractivity contribution is 5.71. The van der Waals surface area contributed by atoms with Gasteiger partial charge in [0.25, 0.3) is 0 Å². The van der Waals surface area contributed by atoms with Crippen LogP contribution in [-0.4, -0.2) is 37.2 Å². The summed E-state index contributed by atoms with van der Waals surface area (Å²) in [7, 11) is 0. The fourth-order valence-electron chi connectivity index (χ4n) is 8.78. The molecule has 1 unspecified atom stereocenters. The average Bonchev–Trinajstić information content (AvgIpc) is 3.42. The largest absolute Gasteiger partial charge is 0.462 e. The maximum absolute atomic E-state index is 12.9. The van der Waals surface area contributed by atoms with Gasteiger partial charge in [-0.1, -0.05) is 271 Å². The van der Waals surface area contributed by atoms with Crippen LogP contribution in [0.2, 0.25) is 0 Å². The number of carbonyl (C=O) groups excluding carboxylic acids is 3. The molecule has 0 aromatic rings. The molecule has 0 saturated heterocycles. The second-order valence-corrected chi connectivity index (χ2v) is 20.9. The zero-order valence-electron chi connectivity index (χ0n) is 49.7. The van der Waals surface area contributed by atoms with Crippen molar-refractivity contribution in [1.82, 2.24) is 0 Å². The third kappa shape index (κ3) is 60.9. The molecule has 76 heavy (non-hydrogen) atoms. The van der Waals surface area contributed by atoms with Crippen LogP contribution in [0.1, 0.15) is 297 Å². The second-order valence-electron chi connectivity index (χ2n) is 20.9. The van der Waals surface area contributed by atoms with Crippen molar-refractivity contribution in [2.75, 3.05) is 13.2 Å². The third-order valence-corrected chi connectivity index (χ3v) is 13.5. The van der Waals surface area contributed by atoms with Crippen LogP contribution in [0.25, 0.3) is 0 Å². The lowest BCUT2D eigenvalue weighted by Crippen LogP contribution is -2.30. The van der Waals surface area contributed by atoms with E-state index < -0.39 is 6.10 Å². The van der Waals surface area contributed by atoms with Crippen LogP contribution in [0, 0.1) is 0 Å². The molecule has 0 fully saturated rings. The van der Waals surface area contributed by atoms with Crippen LogP contribution >= 0.6 is 0 Å². The minimum Gasteiger partial charge on any atom is -0.462 e. The van der Waals surface area contributed by atoms with Crippen molar-refractivity contribution in [3.63, 3.8) is 0 Å². The molecule has 1 atom stereocenters. The Bertz CT molecular complexity index is 1540. The molecule has 0 aliphatic rings. The summed E-state index contributed by atoms with van der Waals surface area (Å²) in [6, 6.07) is 0. The molecular formula is C70H118O6. The zero-order valence-corrected chi connectivity index (χ0v) is 49.7. The highest BCUT2D eigenvalue weighted by Gasteiger charge is 2.19. The monoisotopic (exact) mass is 1050 g/mol. The molecule has 6 nitrogen and oxygen atoms in total. The van der Waals surface area contributed by atoms with Gasteiger partial charge in [0.1, 0.15) is 13.2 Å². The number of allylic oxidation sites excluding steroid dienone is 18. The van der Waals surface area contributed by atoms with E-state index in [2.05, 4.69) is 130 Å². The lowest BCUT2D eigenvalue weighted by molar-refractivity contribution is -0.167. The molecule has 0 radical (unpaired) electrons. The molecule has 0 saturated carbocycles. The van der Waals surface area contributed by atoms with Crippen molar-refractivity contribution in [3.8, 4) is 0 Å². The Morgan fingerprint density at radius 2 is 0.513 bits per heavy atom. The molecule has 0 rings (SSSR count). The molecule has 0 aliphatic heterocycles. The van der Waals surface area contributed by atoms with E-state index in [1.165, 1.54) is 128 Å². The number of ether oxygens (including phenoxy) is 3. The first-order chi connectivity index (χ1) is 37.5. The van der Waals surface area contributed by atoms with E-state index in [1.807, 2.05) is 0 Å². The van der Waals surface area contributed by atoms with Crippen molar-refractivity contribution >= 4 is 17.9 Å². The van der Waals surface area contributed by atoms with Crippen LogP contribution in [-0.2, 0) is 28.6 Å². The Hall–Kier alpha value is -3.93. The van der Waals surface area contributed by atoms with Crippen LogP contribution in [0.4, 0.5) is 0 Å². The summed E-state index contributed by atoms with van der Waals surface area (Å²) in [5, 5.41) is 0. The average molecular weight is 1060 g/mol. The lowest BCUT2D eigenvalue weighted by atomic mass is 10.0. The maximum atomic E-state index is 12.9. The molecule has 6 heteroatoms. The number of hydrogen-bond donors (Lipinski definition) is 0. The third-order valence-electron chi connectivity index (χ3n) is 13.5. The normalized spacial score (nSPS) is 12.8. The molecule has 0 bridgehead atoms. The molecule has 0 aromatic heterocycles. The molecular weight excluding hydrogens is 937 g/mol. The lowest BCUT2D eigenvalue weighted by Gasteiger charge is -2.18. The first-order valence-electron chi connectivity index (χ1n) is 31.9. The Morgan fingerprint density at radius 3 is 0.816 bits per heavy atom. The molecule has 0 amide bonds. The maximum Gasteiger partial charge on any atom is 0.306 e. The minimum absolute atomic E-state index is 0.0838. The first-order valence-corrected chi connectivity index (χ1v) is 31.9. The summed E-state index contributed by atoms with van der Waals surface area (Å²) in [5.41, 5.74) is 0. The quantitative estimate of drug-likeness (QED) is 0.0261. The van der Waals surface area contributed by atoms with Crippen LogP contribution in [0.3, 0.4) is 0 Å². The van der Waals surface area contributed by atoms with Crippen molar-refractivity contribution in [3.05, 3.63) is 109 Å². The van der Waals surface area contributed by atoms with Crippen LogP contribution in [0.15, 0.2) is 109 Å². The van der Waals surface area contributed by atoms with Gasteiger partial charge in [-0.25, -0.2) is 0 Å². The Kier molecular flexibility index (Phi) is 60.3.